The summed E-state index contributed by atoms with van der Waals surface area (Å²) in [6, 6.07) is 16.2. The summed E-state index contributed by atoms with van der Waals surface area (Å²) < 4.78 is 2.71. The van der Waals surface area contributed by atoms with Gasteiger partial charge in [-0.2, -0.15) is 5.70 Å². The standard InChI is InChI=1S/C26H26NS.C10H19NO.Ir/c1-16-15-19-21(26(4,5)13-12-25(19,2)3)20-18-11-14-27-22(24(18)28-23(16)20)17-9-7-6-8-10-17;1-7(2)9(11-5)6-10(12)8(3)4;/h6-9,11,14-15H,12-13H2,1-5H3;6-8H,1-5H3,(H,11,12);/q-1;;/p-1. The number of carbonyl (C=O) groups excluding carboxylic acids is 1. The van der Waals surface area contributed by atoms with Crippen molar-refractivity contribution in [3.8, 4) is 11.3 Å². The summed E-state index contributed by atoms with van der Waals surface area (Å²) in [6.07, 6.45) is 6.09. The van der Waals surface area contributed by atoms with E-state index in [1.165, 1.54) is 44.1 Å². The Labute approximate surface area is 264 Å². The topological polar surface area (TPSA) is 44.1 Å². The van der Waals surface area contributed by atoms with Crippen LogP contribution in [-0.4, -0.2) is 17.8 Å². The Morgan fingerprint density at radius 3 is 2.29 bits per heavy atom. The molecule has 5 heteroatoms. The maximum Gasteiger partial charge on any atom is 0.156 e. The van der Waals surface area contributed by atoms with E-state index >= 15 is 0 Å². The molecule has 3 nitrogen and oxygen atoms in total. The van der Waals surface area contributed by atoms with Crippen LogP contribution in [0.4, 0.5) is 0 Å². The van der Waals surface area contributed by atoms with E-state index in [9.17, 15) is 4.79 Å². The number of allylic oxidation sites excluding steroid dienone is 2. The Kier molecular flexibility index (Phi) is 10.4. The number of carbonyl (C=O) groups is 1. The normalized spacial score (nSPS) is 15.8. The van der Waals surface area contributed by atoms with E-state index in [4.69, 9.17) is 4.98 Å². The zero-order valence-electron chi connectivity index (χ0n) is 26.2. The van der Waals surface area contributed by atoms with Gasteiger partial charge in [0.1, 0.15) is 0 Å². The number of thiophene rings is 1. The number of aromatic nitrogens is 1. The van der Waals surface area contributed by atoms with Gasteiger partial charge in [-0.3, -0.25) is 4.79 Å². The van der Waals surface area contributed by atoms with Crippen molar-refractivity contribution in [1.29, 1.82) is 0 Å². The number of aryl methyl sites for hydroxylation is 1. The molecule has 0 atom stereocenters. The fraction of sp³-hybridized carbons (Fsp3) is 0.444. The van der Waals surface area contributed by atoms with Gasteiger partial charge in [0.2, 0.25) is 0 Å². The third-order valence-corrected chi connectivity index (χ3v) is 9.65. The molecule has 0 saturated heterocycles. The van der Waals surface area contributed by atoms with Gasteiger partial charge in [0.05, 0.1) is 0 Å². The van der Waals surface area contributed by atoms with Gasteiger partial charge < -0.3 is 10.3 Å². The Morgan fingerprint density at radius 2 is 1.71 bits per heavy atom. The molecule has 0 aliphatic heterocycles. The molecule has 4 aromatic rings. The van der Waals surface area contributed by atoms with Crippen molar-refractivity contribution in [1.82, 2.24) is 4.98 Å². The second-order valence-corrected chi connectivity index (χ2v) is 14.0. The van der Waals surface area contributed by atoms with E-state index in [0.29, 0.717) is 5.92 Å². The molecular weight excluding hydrogens is 701 g/mol. The molecule has 0 amide bonds. The zero-order valence-corrected chi connectivity index (χ0v) is 29.4. The molecular formula is C36H44IrN2OS-2. The molecule has 0 spiro atoms. The van der Waals surface area contributed by atoms with Gasteiger partial charge in [-0.05, 0) is 70.7 Å². The third kappa shape index (κ3) is 6.69. The van der Waals surface area contributed by atoms with Crippen molar-refractivity contribution in [3.63, 3.8) is 0 Å². The van der Waals surface area contributed by atoms with Crippen LogP contribution in [0.2, 0.25) is 0 Å². The van der Waals surface area contributed by atoms with Crippen molar-refractivity contribution in [3.05, 3.63) is 82.4 Å². The Bertz CT molecular complexity index is 1560. The van der Waals surface area contributed by atoms with Gasteiger partial charge in [0.15, 0.2) is 5.78 Å². The molecule has 0 bridgehead atoms. The van der Waals surface area contributed by atoms with Crippen LogP contribution in [-0.2, 0) is 35.7 Å². The predicted molar refractivity (Wildman–Crippen MR) is 173 cm³/mol. The first-order chi connectivity index (χ1) is 18.8. The minimum absolute atomic E-state index is 0. The monoisotopic (exact) mass is 745 g/mol. The second kappa shape index (κ2) is 12.9. The summed E-state index contributed by atoms with van der Waals surface area (Å²) in [5.74, 6) is 0.558. The maximum absolute atomic E-state index is 11.3. The molecule has 2 aromatic carbocycles. The summed E-state index contributed by atoms with van der Waals surface area (Å²) in [6.45, 7) is 19.8. The maximum atomic E-state index is 11.3. The summed E-state index contributed by atoms with van der Waals surface area (Å²) in [7, 11) is 1.72. The fourth-order valence-electron chi connectivity index (χ4n) is 5.69. The number of nitrogens with zero attached hydrogens (tertiary/aromatic N) is 2. The van der Waals surface area contributed by atoms with Gasteiger partial charge in [-0.1, -0.05) is 61.5 Å². The minimum Gasteiger partial charge on any atom is -0.690 e. The molecule has 0 fully saturated rings. The van der Waals surface area contributed by atoms with Gasteiger partial charge in [-0.25, -0.2) is 0 Å². The zero-order chi connectivity index (χ0) is 29.4. The number of rotatable bonds is 5. The van der Waals surface area contributed by atoms with Crippen LogP contribution >= 0.6 is 11.3 Å². The van der Waals surface area contributed by atoms with Crippen LogP contribution in [0.5, 0.6) is 0 Å². The van der Waals surface area contributed by atoms with Gasteiger partial charge in [0.25, 0.3) is 0 Å². The van der Waals surface area contributed by atoms with Gasteiger partial charge in [0, 0.05) is 52.7 Å². The average molecular weight is 745 g/mol. The first-order valence-electron chi connectivity index (χ1n) is 14.5. The molecule has 0 unspecified atom stereocenters. The van der Waals surface area contributed by atoms with Crippen LogP contribution in [0.25, 0.3) is 36.7 Å². The molecule has 41 heavy (non-hydrogen) atoms. The van der Waals surface area contributed by atoms with Crippen molar-refractivity contribution in [2.45, 2.75) is 86.0 Å². The van der Waals surface area contributed by atoms with E-state index in [1.54, 1.807) is 18.7 Å². The van der Waals surface area contributed by atoms with Crippen molar-refractivity contribution >= 4 is 37.3 Å². The third-order valence-electron chi connectivity index (χ3n) is 8.30. The summed E-state index contributed by atoms with van der Waals surface area (Å²) in [5.41, 5.74) is 7.92. The van der Waals surface area contributed by atoms with E-state index in [-0.39, 0.29) is 42.6 Å². The molecule has 0 saturated carbocycles. The summed E-state index contributed by atoms with van der Waals surface area (Å²) in [5, 5.41) is 6.87. The van der Waals surface area contributed by atoms with Crippen molar-refractivity contribution < 1.29 is 24.9 Å². The fourth-order valence-corrected chi connectivity index (χ4v) is 6.97. The number of pyridine rings is 1. The second-order valence-electron chi connectivity index (χ2n) is 13.0. The smallest absolute Gasteiger partial charge is 0.156 e. The van der Waals surface area contributed by atoms with Crippen molar-refractivity contribution in [2.75, 3.05) is 7.05 Å². The Hall–Kier alpha value is -2.33. The molecule has 2 heterocycles. The van der Waals surface area contributed by atoms with Gasteiger partial charge in [-0.15, -0.1) is 54.3 Å². The SMILES string of the molecule is C[N-]/C(=C\C(=O)C(C)C)C(C)C.Cc1cc2c(c3c1sc1c(-c4[c-]cccc4)nccc13)C(C)(C)CCC2(C)C.[Ir]. The molecule has 0 N–H and O–H groups in total. The van der Waals surface area contributed by atoms with Gasteiger partial charge >= 0.3 is 0 Å². The largest absolute Gasteiger partial charge is 0.690 e. The Balaban J connectivity index is 0.000000305. The number of ketones is 1. The van der Waals surface area contributed by atoms with Crippen LogP contribution in [0.1, 0.15) is 84.9 Å². The predicted octanol–water partition coefficient (Wildman–Crippen LogP) is 10.3. The van der Waals surface area contributed by atoms with Crippen LogP contribution in [0.15, 0.2) is 54.4 Å². The van der Waals surface area contributed by atoms with E-state index in [2.05, 4.69) is 70.3 Å². The molecule has 5 rings (SSSR count). The van der Waals surface area contributed by atoms with E-state index in [0.717, 1.165) is 17.0 Å². The molecule has 1 aliphatic rings. The van der Waals surface area contributed by atoms with Crippen molar-refractivity contribution in [2.24, 2.45) is 11.8 Å². The van der Waals surface area contributed by atoms with E-state index < -0.39 is 0 Å². The molecule has 1 radical (unpaired) electrons. The number of benzene rings is 2. The number of fused-ring (bicyclic) bond motifs is 5. The summed E-state index contributed by atoms with van der Waals surface area (Å²) >= 11 is 1.90. The number of hydrogen-bond acceptors (Lipinski definition) is 3. The molecule has 1 aliphatic carbocycles. The van der Waals surface area contributed by atoms with E-state index in [1.807, 2.05) is 57.4 Å². The first kappa shape index (κ1) is 33.2. The van der Waals surface area contributed by atoms with Crippen LogP contribution in [0, 0.1) is 24.8 Å². The summed E-state index contributed by atoms with van der Waals surface area (Å²) in [4.78, 5) is 16.0. The average Bonchev–Trinajstić information content (AvgIpc) is 3.31. The van der Waals surface area contributed by atoms with Crippen LogP contribution < -0.4 is 0 Å². The quantitative estimate of drug-likeness (QED) is 0.151. The minimum atomic E-state index is 0. The molecule has 2 aromatic heterocycles. The first-order valence-corrected chi connectivity index (χ1v) is 15.3. The van der Waals surface area contributed by atoms with Crippen LogP contribution in [0.3, 0.4) is 0 Å². The number of hydrogen-bond donors (Lipinski definition) is 0. The molecule has 221 valence electrons. The Morgan fingerprint density at radius 1 is 1.02 bits per heavy atom.